The van der Waals surface area contributed by atoms with E-state index in [4.69, 9.17) is 4.42 Å². The lowest BCUT2D eigenvalue weighted by Gasteiger charge is -2.14. The predicted octanol–water partition coefficient (Wildman–Crippen LogP) is 5.42. The largest absolute Gasteiger partial charge is 0.441 e. The molecule has 3 aromatic carbocycles. The van der Waals surface area contributed by atoms with Gasteiger partial charge >= 0.3 is 0 Å². The quantitative estimate of drug-likeness (QED) is 0.211. The highest BCUT2D eigenvalue weighted by Gasteiger charge is 2.23. The monoisotopic (exact) mass is 484 g/mol. The summed E-state index contributed by atoms with van der Waals surface area (Å²) in [4.78, 5) is 43.5. The van der Waals surface area contributed by atoms with Gasteiger partial charge in [-0.05, 0) is 50.2 Å². The standard InChI is InChI=1S/C27H24N4O5/c1-16-17(2)36-27(28-16)19-8-7-9-20(14-19)29-26(33)22-11-6-5-10-21(22)25(32)18-12-13-23(30(3)4)24(15-18)31(34)35/h5-15H,1-4H3,(H,29,33). The second kappa shape index (κ2) is 9.83. The average Bonchev–Trinajstić information content (AvgIpc) is 3.21. The fraction of sp³-hybridized carbons (Fsp3) is 0.148. The van der Waals surface area contributed by atoms with Crippen molar-refractivity contribution in [2.45, 2.75) is 13.8 Å². The molecule has 36 heavy (non-hydrogen) atoms. The summed E-state index contributed by atoms with van der Waals surface area (Å²) in [6, 6.07) is 17.7. The van der Waals surface area contributed by atoms with Crippen LogP contribution in [0.5, 0.6) is 0 Å². The highest BCUT2D eigenvalue weighted by molar-refractivity contribution is 6.18. The van der Waals surface area contributed by atoms with E-state index >= 15 is 0 Å². The molecule has 0 saturated heterocycles. The zero-order valence-corrected chi connectivity index (χ0v) is 20.2. The van der Waals surface area contributed by atoms with Crippen molar-refractivity contribution >= 4 is 28.8 Å². The van der Waals surface area contributed by atoms with Gasteiger partial charge in [-0.1, -0.05) is 24.3 Å². The van der Waals surface area contributed by atoms with Gasteiger partial charge < -0.3 is 14.6 Å². The number of aromatic nitrogens is 1. The Morgan fingerprint density at radius 1 is 0.972 bits per heavy atom. The van der Waals surface area contributed by atoms with Crippen molar-refractivity contribution in [3.05, 3.63) is 105 Å². The summed E-state index contributed by atoms with van der Waals surface area (Å²) < 4.78 is 5.67. The minimum atomic E-state index is -0.533. The van der Waals surface area contributed by atoms with E-state index in [9.17, 15) is 19.7 Å². The summed E-state index contributed by atoms with van der Waals surface area (Å²) in [5.41, 5.74) is 2.56. The summed E-state index contributed by atoms with van der Waals surface area (Å²) in [5, 5.41) is 14.4. The van der Waals surface area contributed by atoms with Crippen LogP contribution in [-0.2, 0) is 0 Å². The molecule has 0 saturated carbocycles. The Morgan fingerprint density at radius 2 is 1.69 bits per heavy atom. The van der Waals surface area contributed by atoms with Crippen LogP contribution in [0.4, 0.5) is 17.1 Å². The molecule has 0 unspecified atom stereocenters. The Balaban J connectivity index is 1.63. The number of anilines is 2. The highest BCUT2D eigenvalue weighted by Crippen LogP contribution is 2.29. The molecule has 0 bridgehead atoms. The Hall–Kier alpha value is -4.79. The second-order valence-corrected chi connectivity index (χ2v) is 8.43. The van der Waals surface area contributed by atoms with Crippen LogP contribution < -0.4 is 10.2 Å². The second-order valence-electron chi connectivity index (χ2n) is 8.43. The van der Waals surface area contributed by atoms with Crippen molar-refractivity contribution in [2.24, 2.45) is 0 Å². The molecule has 1 N–H and O–H groups in total. The predicted molar refractivity (Wildman–Crippen MR) is 137 cm³/mol. The van der Waals surface area contributed by atoms with Gasteiger partial charge in [-0.15, -0.1) is 0 Å². The zero-order valence-electron chi connectivity index (χ0n) is 20.2. The number of amides is 1. The lowest BCUT2D eigenvalue weighted by molar-refractivity contribution is -0.384. The Bertz CT molecular complexity index is 1470. The number of hydrogen-bond donors (Lipinski definition) is 1. The van der Waals surface area contributed by atoms with E-state index in [2.05, 4.69) is 10.3 Å². The number of oxazole rings is 1. The number of rotatable bonds is 7. The molecule has 9 nitrogen and oxygen atoms in total. The third-order valence-corrected chi connectivity index (χ3v) is 5.73. The first-order chi connectivity index (χ1) is 17.2. The molecule has 4 rings (SSSR count). The van der Waals surface area contributed by atoms with Gasteiger partial charge in [0.15, 0.2) is 5.78 Å². The van der Waals surface area contributed by atoms with Gasteiger partial charge in [-0.3, -0.25) is 19.7 Å². The maximum atomic E-state index is 13.3. The molecule has 1 amide bonds. The Kier molecular flexibility index (Phi) is 6.64. The van der Waals surface area contributed by atoms with Crippen molar-refractivity contribution < 1.29 is 18.9 Å². The van der Waals surface area contributed by atoms with Crippen LogP contribution in [0.3, 0.4) is 0 Å². The van der Waals surface area contributed by atoms with Crippen molar-refractivity contribution in [3.63, 3.8) is 0 Å². The summed E-state index contributed by atoms with van der Waals surface area (Å²) >= 11 is 0. The molecular weight excluding hydrogens is 460 g/mol. The average molecular weight is 485 g/mol. The molecule has 4 aromatic rings. The number of ketones is 1. The Morgan fingerprint density at radius 3 is 2.33 bits per heavy atom. The molecule has 9 heteroatoms. The number of benzene rings is 3. The number of nitrogens with one attached hydrogen (secondary N) is 1. The smallest absolute Gasteiger partial charge is 0.293 e. The van der Waals surface area contributed by atoms with Crippen LogP contribution in [0.25, 0.3) is 11.5 Å². The van der Waals surface area contributed by atoms with Crippen LogP contribution in [0.15, 0.2) is 71.1 Å². The molecule has 0 aliphatic rings. The van der Waals surface area contributed by atoms with Gasteiger partial charge in [0.2, 0.25) is 5.89 Å². The molecule has 0 atom stereocenters. The number of nitrogens with zero attached hydrogens (tertiary/aromatic N) is 3. The first kappa shape index (κ1) is 24.3. The van der Waals surface area contributed by atoms with Gasteiger partial charge in [0.1, 0.15) is 11.4 Å². The van der Waals surface area contributed by atoms with E-state index in [1.54, 1.807) is 49.3 Å². The van der Waals surface area contributed by atoms with Crippen molar-refractivity contribution in [3.8, 4) is 11.5 Å². The topological polar surface area (TPSA) is 119 Å². The lowest BCUT2D eigenvalue weighted by Crippen LogP contribution is -2.17. The minimum Gasteiger partial charge on any atom is -0.441 e. The van der Waals surface area contributed by atoms with Gasteiger partial charge in [0.05, 0.1) is 16.2 Å². The lowest BCUT2D eigenvalue weighted by atomic mass is 9.97. The van der Waals surface area contributed by atoms with Crippen LogP contribution in [0, 0.1) is 24.0 Å². The number of nitro groups is 1. The molecule has 1 heterocycles. The van der Waals surface area contributed by atoms with E-state index in [1.807, 2.05) is 19.9 Å². The van der Waals surface area contributed by atoms with Gasteiger partial charge in [-0.2, -0.15) is 0 Å². The molecule has 0 radical (unpaired) electrons. The van der Waals surface area contributed by atoms with E-state index in [0.717, 1.165) is 5.69 Å². The van der Waals surface area contributed by atoms with Crippen LogP contribution in [0.1, 0.15) is 37.7 Å². The fourth-order valence-electron chi connectivity index (χ4n) is 3.75. The first-order valence-corrected chi connectivity index (χ1v) is 11.1. The van der Waals surface area contributed by atoms with Crippen molar-refractivity contribution in [2.75, 3.05) is 24.3 Å². The number of carbonyl (C=O) groups is 2. The Labute approximate surface area is 207 Å². The first-order valence-electron chi connectivity index (χ1n) is 11.1. The number of nitro benzene ring substituents is 1. The van der Waals surface area contributed by atoms with E-state index < -0.39 is 16.6 Å². The molecular formula is C27H24N4O5. The molecule has 0 aliphatic carbocycles. The third-order valence-electron chi connectivity index (χ3n) is 5.73. The summed E-state index contributed by atoms with van der Waals surface area (Å²) in [7, 11) is 3.37. The molecule has 0 fully saturated rings. The van der Waals surface area contributed by atoms with Gasteiger partial charge in [0.25, 0.3) is 11.6 Å². The molecule has 182 valence electrons. The summed E-state index contributed by atoms with van der Waals surface area (Å²) in [6.07, 6.45) is 0. The van der Waals surface area contributed by atoms with Crippen LogP contribution in [-0.4, -0.2) is 35.7 Å². The van der Waals surface area contributed by atoms with Crippen molar-refractivity contribution in [1.82, 2.24) is 4.98 Å². The minimum absolute atomic E-state index is 0.115. The maximum absolute atomic E-state index is 13.3. The molecule has 0 aliphatic heterocycles. The fourth-order valence-corrected chi connectivity index (χ4v) is 3.75. The van der Waals surface area contributed by atoms with Gasteiger partial charge in [-0.25, -0.2) is 4.98 Å². The summed E-state index contributed by atoms with van der Waals surface area (Å²) in [6.45, 7) is 3.68. The van der Waals surface area contributed by atoms with E-state index in [1.165, 1.54) is 30.3 Å². The van der Waals surface area contributed by atoms with Crippen LogP contribution in [0.2, 0.25) is 0 Å². The van der Waals surface area contributed by atoms with Crippen LogP contribution >= 0.6 is 0 Å². The third kappa shape index (κ3) is 4.85. The molecule has 0 spiro atoms. The zero-order chi connectivity index (χ0) is 26.0. The van der Waals surface area contributed by atoms with E-state index in [-0.39, 0.29) is 22.4 Å². The van der Waals surface area contributed by atoms with Gasteiger partial charge in [0, 0.05) is 42.5 Å². The maximum Gasteiger partial charge on any atom is 0.293 e. The SMILES string of the molecule is Cc1nc(-c2cccc(NC(=O)c3ccccc3C(=O)c3ccc(N(C)C)c([N+](=O)[O-])c3)c2)oc1C. The number of carbonyl (C=O) groups excluding carboxylic acids is 2. The summed E-state index contributed by atoms with van der Waals surface area (Å²) in [5.74, 6) is 0.175. The number of aryl methyl sites for hydroxylation is 2. The molecule has 1 aromatic heterocycles. The van der Waals surface area contributed by atoms with E-state index in [0.29, 0.717) is 28.6 Å². The highest BCUT2D eigenvalue weighted by atomic mass is 16.6. The van der Waals surface area contributed by atoms with Crippen molar-refractivity contribution in [1.29, 1.82) is 0 Å². The normalized spacial score (nSPS) is 10.7. The number of hydrogen-bond acceptors (Lipinski definition) is 7.